The van der Waals surface area contributed by atoms with Gasteiger partial charge in [-0.2, -0.15) is 0 Å². The van der Waals surface area contributed by atoms with Gasteiger partial charge < -0.3 is 10.0 Å². The van der Waals surface area contributed by atoms with Crippen molar-refractivity contribution < 1.29 is 9.90 Å². The van der Waals surface area contributed by atoms with Crippen LogP contribution in [0.3, 0.4) is 0 Å². The summed E-state index contributed by atoms with van der Waals surface area (Å²) in [6, 6.07) is 0.476. The van der Waals surface area contributed by atoms with Crippen molar-refractivity contribution in [3.63, 3.8) is 0 Å². The molecule has 5 nitrogen and oxygen atoms in total. The Morgan fingerprint density at radius 1 is 1.24 bits per heavy atom. The Hall–Kier alpha value is -1.09. The van der Waals surface area contributed by atoms with Crippen LogP contribution in [0.4, 0.5) is 0 Å². The van der Waals surface area contributed by atoms with E-state index >= 15 is 0 Å². The fraction of sp³-hybridized carbons (Fsp3) is 0.812. The first kappa shape index (κ1) is 16.3. The Morgan fingerprint density at radius 3 is 2.67 bits per heavy atom. The topological polar surface area (TPSA) is 47.0 Å². The molecule has 2 heterocycles. The molecule has 2 saturated heterocycles. The Labute approximate surface area is 127 Å². The van der Waals surface area contributed by atoms with Gasteiger partial charge in [-0.1, -0.05) is 5.92 Å². The van der Waals surface area contributed by atoms with E-state index in [1.54, 1.807) is 0 Å². The van der Waals surface area contributed by atoms with Gasteiger partial charge in [0.1, 0.15) is 0 Å². The molecule has 21 heavy (non-hydrogen) atoms. The first-order valence-electron chi connectivity index (χ1n) is 8.03. The molecule has 0 saturated carbocycles. The number of terminal acetylenes is 1. The normalized spacial score (nSPS) is 24.2. The van der Waals surface area contributed by atoms with Crippen LogP contribution in [0.25, 0.3) is 0 Å². The van der Waals surface area contributed by atoms with Crippen LogP contribution in [0.2, 0.25) is 0 Å². The van der Waals surface area contributed by atoms with Gasteiger partial charge in [-0.05, 0) is 32.2 Å². The Bertz CT molecular complexity index is 372. The second kappa shape index (κ2) is 8.38. The predicted molar refractivity (Wildman–Crippen MR) is 82.8 cm³/mol. The van der Waals surface area contributed by atoms with E-state index in [2.05, 4.69) is 15.7 Å². The SMILES string of the molecule is C#CCN1CCN(C(=O)CN2CCCC2CCCO)CC1. The molecular weight excluding hydrogens is 266 g/mol. The molecule has 2 aliphatic rings. The van der Waals surface area contributed by atoms with E-state index in [0.717, 1.165) is 52.0 Å². The maximum absolute atomic E-state index is 12.4. The van der Waals surface area contributed by atoms with Gasteiger partial charge in [0, 0.05) is 38.8 Å². The molecule has 5 heteroatoms. The third kappa shape index (κ3) is 4.70. The summed E-state index contributed by atoms with van der Waals surface area (Å²) in [5.41, 5.74) is 0. The van der Waals surface area contributed by atoms with Crippen molar-refractivity contribution >= 4 is 5.91 Å². The minimum absolute atomic E-state index is 0.242. The molecule has 0 aliphatic carbocycles. The number of hydrogen-bond donors (Lipinski definition) is 1. The minimum Gasteiger partial charge on any atom is -0.396 e. The van der Waals surface area contributed by atoms with Crippen molar-refractivity contribution in [2.24, 2.45) is 0 Å². The van der Waals surface area contributed by atoms with E-state index in [1.165, 1.54) is 6.42 Å². The lowest BCUT2D eigenvalue weighted by molar-refractivity contribution is -0.134. The molecule has 0 aromatic heterocycles. The quantitative estimate of drug-likeness (QED) is 0.700. The summed E-state index contributed by atoms with van der Waals surface area (Å²) >= 11 is 0. The highest BCUT2D eigenvalue weighted by atomic mass is 16.3. The average Bonchev–Trinajstić information content (AvgIpc) is 2.93. The van der Waals surface area contributed by atoms with Gasteiger partial charge in [-0.3, -0.25) is 14.6 Å². The number of rotatable bonds is 6. The second-order valence-corrected chi connectivity index (χ2v) is 5.99. The number of piperazine rings is 1. The number of hydrogen-bond acceptors (Lipinski definition) is 4. The molecule has 2 aliphatic heterocycles. The number of aliphatic hydroxyl groups excluding tert-OH is 1. The lowest BCUT2D eigenvalue weighted by Crippen LogP contribution is -2.51. The van der Waals surface area contributed by atoms with E-state index < -0.39 is 0 Å². The van der Waals surface area contributed by atoms with E-state index in [9.17, 15) is 4.79 Å². The molecule has 0 spiro atoms. The molecule has 1 atom stereocenters. The molecule has 1 N–H and O–H groups in total. The molecule has 0 aromatic rings. The lowest BCUT2D eigenvalue weighted by Gasteiger charge is -2.35. The summed E-state index contributed by atoms with van der Waals surface area (Å²) in [6.07, 6.45) is 9.48. The molecule has 1 unspecified atom stereocenters. The Balaban J connectivity index is 1.75. The number of amides is 1. The van der Waals surface area contributed by atoms with Crippen LogP contribution >= 0.6 is 0 Å². The predicted octanol–water partition coefficient (Wildman–Crippen LogP) is 0.000700. The molecule has 2 rings (SSSR count). The maximum atomic E-state index is 12.4. The summed E-state index contributed by atoms with van der Waals surface area (Å²) in [7, 11) is 0. The van der Waals surface area contributed by atoms with Crippen LogP contribution in [-0.2, 0) is 4.79 Å². The fourth-order valence-corrected chi connectivity index (χ4v) is 3.32. The van der Waals surface area contributed by atoms with Gasteiger partial charge in [-0.15, -0.1) is 6.42 Å². The number of aliphatic hydroxyl groups is 1. The van der Waals surface area contributed by atoms with Crippen molar-refractivity contribution in [3.8, 4) is 12.3 Å². The molecule has 2 fully saturated rings. The van der Waals surface area contributed by atoms with Gasteiger partial charge in [0.25, 0.3) is 0 Å². The third-order valence-corrected chi connectivity index (χ3v) is 4.57. The molecule has 1 amide bonds. The maximum Gasteiger partial charge on any atom is 0.236 e. The van der Waals surface area contributed by atoms with Crippen LogP contribution in [0.15, 0.2) is 0 Å². The molecular formula is C16H27N3O2. The number of likely N-dealkylation sites (tertiary alicyclic amines) is 1. The third-order valence-electron chi connectivity index (χ3n) is 4.57. The number of nitrogens with zero attached hydrogens (tertiary/aromatic N) is 3. The molecule has 0 radical (unpaired) electrons. The van der Waals surface area contributed by atoms with Crippen molar-refractivity contribution in [1.82, 2.24) is 14.7 Å². The largest absolute Gasteiger partial charge is 0.396 e. The number of carbonyl (C=O) groups is 1. The van der Waals surface area contributed by atoms with Crippen molar-refractivity contribution in [1.29, 1.82) is 0 Å². The van der Waals surface area contributed by atoms with Crippen molar-refractivity contribution in [2.75, 3.05) is 52.4 Å². The van der Waals surface area contributed by atoms with Crippen molar-refractivity contribution in [2.45, 2.75) is 31.7 Å². The second-order valence-electron chi connectivity index (χ2n) is 5.99. The zero-order valence-corrected chi connectivity index (χ0v) is 12.8. The van der Waals surface area contributed by atoms with E-state index in [4.69, 9.17) is 11.5 Å². The zero-order valence-electron chi connectivity index (χ0n) is 12.8. The van der Waals surface area contributed by atoms with Crippen LogP contribution < -0.4 is 0 Å². The highest BCUT2D eigenvalue weighted by Gasteiger charge is 2.28. The summed E-state index contributed by atoms with van der Waals surface area (Å²) < 4.78 is 0. The summed E-state index contributed by atoms with van der Waals surface area (Å²) in [5, 5.41) is 8.95. The van der Waals surface area contributed by atoms with E-state index in [-0.39, 0.29) is 12.5 Å². The first-order chi connectivity index (χ1) is 10.2. The molecule has 0 bridgehead atoms. The minimum atomic E-state index is 0.242. The summed E-state index contributed by atoms with van der Waals surface area (Å²) in [4.78, 5) is 18.9. The van der Waals surface area contributed by atoms with E-state index in [0.29, 0.717) is 19.1 Å². The summed E-state index contributed by atoms with van der Waals surface area (Å²) in [5.74, 6) is 2.90. The van der Waals surface area contributed by atoms with Gasteiger partial charge in [0.15, 0.2) is 0 Å². The van der Waals surface area contributed by atoms with Crippen LogP contribution in [0, 0.1) is 12.3 Å². The highest BCUT2D eigenvalue weighted by Crippen LogP contribution is 2.21. The van der Waals surface area contributed by atoms with Gasteiger partial charge >= 0.3 is 0 Å². The monoisotopic (exact) mass is 293 g/mol. The Morgan fingerprint density at radius 2 is 2.00 bits per heavy atom. The zero-order chi connectivity index (χ0) is 15.1. The van der Waals surface area contributed by atoms with Gasteiger partial charge in [0.05, 0.1) is 13.1 Å². The van der Waals surface area contributed by atoms with Crippen LogP contribution in [0.1, 0.15) is 25.7 Å². The fourth-order valence-electron chi connectivity index (χ4n) is 3.32. The van der Waals surface area contributed by atoms with E-state index in [1.807, 2.05) is 4.90 Å². The molecule has 0 aromatic carbocycles. The Kier molecular flexibility index (Phi) is 6.50. The lowest BCUT2D eigenvalue weighted by atomic mass is 10.1. The smallest absolute Gasteiger partial charge is 0.236 e. The molecule has 118 valence electrons. The van der Waals surface area contributed by atoms with Gasteiger partial charge in [-0.25, -0.2) is 0 Å². The van der Waals surface area contributed by atoms with Crippen LogP contribution in [0.5, 0.6) is 0 Å². The number of carbonyl (C=O) groups excluding carboxylic acids is 1. The van der Waals surface area contributed by atoms with Crippen LogP contribution in [-0.4, -0.2) is 84.2 Å². The van der Waals surface area contributed by atoms with Crippen molar-refractivity contribution in [3.05, 3.63) is 0 Å². The summed E-state index contributed by atoms with van der Waals surface area (Å²) in [6.45, 7) is 5.80. The van der Waals surface area contributed by atoms with Gasteiger partial charge in [0.2, 0.25) is 5.91 Å². The first-order valence-corrected chi connectivity index (χ1v) is 8.03. The average molecular weight is 293 g/mol. The standard InChI is InChI=1S/C16H27N3O2/c1-2-7-17-9-11-18(12-10-17)16(21)14-19-8-3-5-15(19)6-4-13-20/h1,15,20H,3-14H2. The highest BCUT2D eigenvalue weighted by molar-refractivity contribution is 5.78.